The Kier molecular flexibility index (Phi) is 5.60. The van der Waals surface area contributed by atoms with E-state index in [1.54, 1.807) is 0 Å². The van der Waals surface area contributed by atoms with E-state index in [1.165, 1.54) is 11.1 Å². The van der Waals surface area contributed by atoms with Gasteiger partial charge in [0.15, 0.2) is 0 Å². The van der Waals surface area contributed by atoms with E-state index in [0.29, 0.717) is 5.92 Å². The molecule has 0 amide bonds. The molecular weight excluding hydrogens is 254 g/mol. The molecule has 114 valence electrons. The van der Waals surface area contributed by atoms with Crippen molar-refractivity contribution in [2.45, 2.75) is 41.5 Å². The summed E-state index contributed by atoms with van der Waals surface area (Å²) in [4.78, 5) is 0. The first-order valence-electron chi connectivity index (χ1n) is 7.62. The highest BCUT2D eigenvalue weighted by molar-refractivity contribution is 5.84. The predicted octanol–water partition coefficient (Wildman–Crippen LogP) is 5.86. The van der Waals surface area contributed by atoms with Gasteiger partial charge in [0.05, 0.1) is 0 Å². The molecule has 1 heteroatoms. The third kappa shape index (κ3) is 3.47. The maximum Gasteiger partial charge on any atom is 0.0393 e. The van der Waals surface area contributed by atoms with Gasteiger partial charge in [-0.15, -0.1) is 0 Å². The third-order valence-corrected chi connectivity index (χ3v) is 4.69. The van der Waals surface area contributed by atoms with Crippen LogP contribution in [0.15, 0.2) is 54.1 Å². The number of allylic oxidation sites excluding steroid dienone is 5. The van der Waals surface area contributed by atoms with E-state index < -0.39 is 0 Å². The van der Waals surface area contributed by atoms with Crippen molar-refractivity contribution in [2.24, 2.45) is 11.3 Å². The molecule has 1 aromatic rings. The highest BCUT2D eigenvalue weighted by Gasteiger charge is 2.28. The molecule has 21 heavy (non-hydrogen) atoms. The number of nitrogen functional groups attached to an aromatic ring is 1. The fraction of sp³-hybridized carbons (Fsp3) is 0.400. The van der Waals surface area contributed by atoms with Crippen LogP contribution in [0.25, 0.3) is 5.57 Å². The second-order valence-electron chi connectivity index (χ2n) is 6.41. The minimum absolute atomic E-state index is 0.108. The maximum absolute atomic E-state index is 6.14. The van der Waals surface area contributed by atoms with Gasteiger partial charge >= 0.3 is 0 Å². The standard InChI is InChI=1S/C20H29N/c1-8-16(17-12-10-11-13-19(17)21)15(5)18(9-2)20(6,7)14(3)4/h8-14H,1,21H2,2-7H3/b16-15+,18-9+. The molecule has 0 aromatic heterocycles. The van der Waals surface area contributed by atoms with Gasteiger partial charge in [0.25, 0.3) is 0 Å². The van der Waals surface area contributed by atoms with Crippen molar-refractivity contribution < 1.29 is 0 Å². The minimum Gasteiger partial charge on any atom is -0.398 e. The Morgan fingerprint density at radius 3 is 2.24 bits per heavy atom. The van der Waals surface area contributed by atoms with Crippen LogP contribution in [0.4, 0.5) is 5.69 Å². The Bertz CT molecular complexity index is 571. The summed E-state index contributed by atoms with van der Waals surface area (Å²) in [5.41, 5.74) is 11.8. The Labute approximate surface area is 130 Å². The van der Waals surface area contributed by atoms with Gasteiger partial charge in [-0.25, -0.2) is 0 Å². The summed E-state index contributed by atoms with van der Waals surface area (Å²) in [6.45, 7) is 17.4. The van der Waals surface area contributed by atoms with Gasteiger partial charge in [0.2, 0.25) is 0 Å². The normalized spacial score (nSPS) is 14.1. The van der Waals surface area contributed by atoms with E-state index in [4.69, 9.17) is 5.73 Å². The second kappa shape index (κ2) is 6.80. The van der Waals surface area contributed by atoms with Crippen molar-refractivity contribution in [2.75, 3.05) is 5.73 Å². The van der Waals surface area contributed by atoms with Crippen LogP contribution in [0.3, 0.4) is 0 Å². The Morgan fingerprint density at radius 1 is 1.24 bits per heavy atom. The van der Waals surface area contributed by atoms with Crippen LogP contribution >= 0.6 is 0 Å². The molecule has 2 N–H and O–H groups in total. The zero-order valence-electron chi connectivity index (χ0n) is 14.3. The van der Waals surface area contributed by atoms with E-state index in [-0.39, 0.29) is 5.41 Å². The van der Waals surface area contributed by atoms with Gasteiger partial charge < -0.3 is 5.73 Å². The summed E-state index contributed by atoms with van der Waals surface area (Å²) in [7, 11) is 0. The maximum atomic E-state index is 6.14. The van der Waals surface area contributed by atoms with Crippen LogP contribution in [-0.4, -0.2) is 0 Å². The van der Waals surface area contributed by atoms with Crippen LogP contribution < -0.4 is 5.73 Å². The average Bonchev–Trinajstić information content (AvgIpc) is 2.42. The van der Waals surface area contributed by atoms with Gasteiger partial charge in [0, 0.05) is 11.3 Å². The molecule has 1 nitrogen and oxygen atoms in total. The van der Waals surface area contributed by atoms with Gasteiger partial charge in [0.1, 0.15) is 0 Å². The average molecular weight is 283 g/mol. The van der Waals surface area contributed by atoms with E-state index in [9.17, 15) is 0 Å². The first-order valence-corrected chi connectivity index (χ1v) is 7.62. The lowest BCUT2D eigenvalue weighted by Gasteiger charge is -2.34. The highest BCUT2D eigenvalue weighted by atomic mass is 14.6. The molecule has 0 unspecified atom stereocenters. The molecule has 0 atom stereocenters. The van der Waals surface area contributed by atoms with E-state index in [2.05, 4.69) is 60.3 Å². The smallest absolute Gasteiger partial charge is 0.0393 e. The van der Waals surface area contributed by atoms with E-state index >= 15 is 0 Å². The van der Waals surface area contributed by atoms with Crippen molar-refractivity contribution >= 4 is 11.3 Å². The lowest BCUT2D eigenvalue weighted by Crippen LogP contribution is -2.23. The molecule has 0 aliphatic heterocycles. The SMILES string of the molecule is C=C/C(=C(C)\C(=C/C)C(C)(C)C(C)C)c1ccccc1N. The number of rotatable bonds is 5. The van der Waals surface area contributed by atoms with Gasteiger partial charge in [-0.05, 0) is 48.0 Å². The number of anilines is 1. The Balaban J connectivity index is 3.51. The number of para-hydroxylation sites is 1. The van der Waals surface area contributed by atoms with Crippen LogP contribution in [0, 0.1) is 11.3 Å². The van der Waals surface area contributed by atoms with E-state index in [1.807, 2.05) is 24.3 Å². The lowest BCUT2D eigenvalue weighted by molar-refractivity contribution is 0.314. The summed E-state index contributed by atoms with van der Waals surface area (Å²) in [6, 6.07) is 7.98. The summed E-state index contributed by atoms with van der Waals surface area (Å²) in [6.07, 6.45) is 4.14. The molecular formula is C20H29N. The van der Waals surface area contributed by atoms with E-state index in [0.717, 1.165) is 16.8 Å². The molecule has 0 bridgehead atoms. The summed E-state index contributed by atoms with van der Waals surface area (Å²) in [5, 5.41) is 0. The predicted molar refractivity (Wildman–Crippen MR) is 96.0 cm³/mol. The fourth-order valence-corrected chi connectivity index (χ4v) is 2.74. The molecule has 1 rings (SSSR count). The van der Waals surface area contributed by atoms with Gasteiger partial charge in [-0.3, -0.25) is 0 Å². The largest absolute Gasteiger partial charge is 0.398 e. The van der Waals surface area contributed by atoms with Crippen molar-refractivity contribution in [3.63, 3.8) is 0 Å². The molecule has 0 aliphatic rings. The molecule has 0 heterocycles. The number of benzene rings is 1. The molecule has 0 aliphatic carbocycles. The van der Waals surface area contributed by atoms with Crippen molar-refractivity contribution in [1.82, 2.24) is 0 Å². The molecule has 0 saturated carbocycles. The number of hydrogen-bond acceptors (Lipinski definition) is 1. The summed E-state index contributed by atoms with van der Waals surface area (Å²) < 4.78 is 0. The van der Waals surface area contributed by atoms with Crippen molar-refractivity contribution in [3.8, 4) is 0 Å². The molecule has 0 fully saturated rings. The molecule has 0 saturated heterocycles. The second-order valence-corrected chi connectivity index (χ2v) is 6.41. The summed E-state index contributed by atoms with van der Waals surface area (Å²) in [5.74, 6) is 0.554. The molecule has 0 radical (unpaired) electrons. The van der Waals surface area contributed by atoms with Crippen LogP contribution in [0.5, 0.6) is 0 Å². The molecule has 0 spiro atoms. The minimum atomic E-state index is 0.108. The molecule has 1 aromatic carbocycles. The number of nitrogens with two attached hydrogens (primary N) is 1. The van der Waals surface area contributed by atoms with Gasteiger partial charge in [-0.2, -0.15) is 0 Å². The Hall–Kier alpha value is -1.76. The highest BCUT2D eigenvalue weighted by Crippen LogP contribution is 2.41. The summed E-state index contributed by atoms with van der Waals surface area (Å²) >= 11 is 0. The first kappa shape index (κ1) is 17.3. The van der Waals surface area contributed by atoms with Crippen LogP contribution in [-0.2, 0) is 0 Å². The zero-order chi connectivity index (χ0) is 16.2. The van der Waals surface area contributed by atoms with Crippen molar-refractivity contribution in [3.05, 3.63) is 59.7 Å². The first-order chi connectivity index (χ1) is 9.77. The Morgan fingerprint density at radius 2 is 1.81 bits per heavy atom. The quantitative estimate of drug-likeness (QED) is 0.532. The fourth-order valence-electron chi connectivity index (χ4n) is 2.74. The lowest BCUT2D eigenvalue weighted by atomic mass is 9.71. The van der Waals surface area contributed by atoms with Crippen molar-refractivity contribution in [1.29, 1.82) is 0 Å². The zero-order valence-corrected chi connectivity index (χ0v) is 14.3. The van der Waals surface area contributed by atoms with Crippen LogP contribution in [0.2, 0.25) is 0 Å². The monoisotopic (exact) mass is 283 g/mol. The van der Waals surface area contributed by atoms with Gasteiger partial charge in [-0.1, -0.05) is 64.6 Å². The number of hydrogen-bond donors (Lipinski definition) is 1. The third-order valence-electron chi connectivity index (χ3n) is 4.69. The van der Waals surface area contributed by atoms with Crippen LogP contribution in [0.1, 0.15) is 47.1 Å². The topological polar surface area (TPSA) is 26.0 Å².